The minimum Gasteiger partial charge on any atom is -0.497 e. The number of aromatic nitrogens is 2. The van der Waals surface area contributed by atoms with Crippen molar-refractivity contribution >= 4 is 26.8 Å². The number of methoxy groups -OCH3 is 1. The van der Waals surface area contributed by atoms with Gasteiger partial charge in [-0.05, 0) is 15.9 Å². The Balaban J connectivity index is 2.79. The van der Waals surface area contributed by atoms with Crippen LogP contribution < -0.4 is 4.74 Å². The predicted octanol–water partition coefficient (Wildman–Crippen LogP) is 2.47. The summed E-state index contributed by atoms with van der Waals surface area (Å²) in [6, 6.07) is 2.99. The van der Waals surface area contributed by atoms with Crippen molar-refractivity contribution in [2.24, 2.45) is 0 Å². The van der Waals surface area contributed by atoms with Crippen molar-refractivity contribution in [2.75, 3.05) is 7.11 Å². The van der Waals surface area contributed by atoms with Crippen molar-refractivity contribution in [1.29, 1.82) is 0 Å². The first-order chi connectivity index (χ1) is 6.22. The normalized spacial score (nSPS) is 10.7. The molecule has 0 aliphatic carbocycles. The first-order valence-electron chi connectivity index (χ1n) is 3.59. The largest absolute Gasteiger partial charge is 0.497 e. The molecule has 68 valence electrons. The number of benzene rings is 1. The predicted molar refractivity (Wildman–Crippen MR) is 50.3 cm³/mol. The maximum Gasteiger partial charge on any atom is 0.139 e. The lowest BCUT2D eigenvalue weighted by Crippen LogP contribution is -1.85. The molecule has 0 amide bonds. The molecule has 2 aromatic rings. The number of hydrogen-bond donors (Lipinski definition) is 1. The molecule has 5 heteroatoms. The molecule has 0 radical (unpaired) electrons. The van der Waals surface area contributed by atoms with E-state index in [-0.39, 0.29) is 5.82 Å². The Morgan fingerprint density at radius 2 is 2.31 bits per heavy atom. The van der Waals surface area contributed by atoms with Crippen molar-refractivity contribution in [3.63, 3.8) is 0 Å². The molecule has 1 aromatic heterocycles. The number of rotatable bonds is 1. The van der Waals surface area contributed by atoms with Crippen LogP contribution in [0.5, 0.6) is 5.75 Å². The highest BCUT2D eigenvalue weighted by molar-refractivity contribution is 9.10. The summed E-state index contributed by atoms with van der Waals surface area (Å²) in [6.45, 7) is 0. The van der Waals surface area contributed by atoms with Crippen LogP contribution in [0, 0.1) is 5.82 Å². The van der Waals surface area contributed by atoms with Gasteiger partial charge in [0.25, 0.3) is 0 Å². The Hall–Kier alpha value is -1.10. The summed E-state index contributed by atoms with van der Waals surface area (Å²) in [5, 5.41) is 6.98. The molecule has 0 saturated carbocycles. The standard InChI is InChI=1S/C8H6BrFN2O/c1-13-4-2-5(10)7-6(3-4)11-12-8(7)9/h2-3H,1H3,(H,11,12). The zero-order valence-electron chi connectivity index (χ0n) is 6.77. The van der Waals surface area contributed by atoms with Crippen molar-refractivity contribution in [1.82, 2.24) is 10.2 Å². The van der Waals surface area contributed by atoms with Crippen molar-refractivity contribution in [2.45, 2.75) is 0 Å². The third-order valence-electron chi connectivity index (χ3n) is 1.77. The Morgan fingerprint density at radius 3 is 3.00 bits per heavy atom. The third kappa shape index (κ3) is 1.29. The fraction of sp³-hybridized carbons (Fsp3) is 0.125. The quantitative estimate of drug-likeness (QED) is 0.837. The van der Waals surface area contributed by atoms with Gasteiger partial charge in [0.05, 0.1) is 18.0 Å². The molecule has 1 N–H and O–H groups in total. The number of aromatic amines is 1. The molecule has 3 nitrogen and oxygen atoms in total. The maximum atomic E-state index is 13.4. The number of hydrogen-bond acceptors (Lipinski definition) is 2. The summed E-state index contributed by atoms with van der Waals surface area (Å²) in [6.07, 6.45) is 0. The van der Waals surface area contributed by atoms with E-state index in [2.05, 4.69) is 26.1 Å². The summed E-state index contributed by atoms with van der Waals surface area (Å²) in [5.41, 5.74) is 0.545. The van der Waals surface area contributed by atoms with Crippen molar-refractivity contribution in [3.05, 3.63) is 22.6 Å². The van der Waals surface area contributed by atoms with Gasteiger partial charge < -0.3 is 4.74 Å². The number of H-pyrrole nitrogens is 1. The average Bonchev–Trinajstić information content (AvgIpc) is 2.48. The number of nitrogens with one attached hydrogen (secondary N) is 1. The molecule has 0 saturated heterocycles. The highest BCUT2D eigenvalue weighted by atomic mass is 79.9. The SMILES string of the molecule is COc1cc(F)c2c(Br)[nH]nc2c1. The molecule has 0 aliphatic heterocycles. The number of ether oxygens (including phenoxy) is 1. The fourth-order valence-corrected chi connectivity index (χ4v) is 1.64. The minimum absolute atomic E-state index is 0.352. The lowest BCUT2D eigenvalue weighted by Gasteiger charge is -1.99. The van der Waals surface area contributed by atoms with E-state index in [9.17, 15) is 4.39 Å². The van der Waals surface area contributed by atoms with Gasteiger partial charge in [0.15, 0.2) is 0 Å². The molecule has 13 heavy (non-hydrogen) atoms. The van der Waals surface area contributed by atoms with E-state index in [4.69, 9.17) is 4.74 Å². The van der Waals surface area contributed by atoms with Gasteiger partial charge in [-0.1, -0.05) is 0 Å². The number of halogens is 2. The van der Waals surface area contributed by atoms with E-state index in [0.29, 0.717) is 21.3 Å². The Kier molecular flexibility index (Phi) is 1.95. The van der Waals surface area contributed by atoms with Gasteiger partial charge in [0.1, 0.15) is 16.2 Å². The van der Waals surface area contributed by atoms with Crippen LogP contribution in [0.15, 0.2) is 16.7 Å². The van der Waals surface area contributed by atoms with Crippen molar-refractivity contribution < 1.29 is 9.13 Å². The molecular weight excluding hydrogens is 239 g/mol. The number of fused-ring (bicyclic) bond motifs is 1. The van der Waals surface area contributed by atoms with E-state index >= 15 is 0 Å². The van der Waals surface area contributed by atoms with Crippen LogP contribution in [-0.2, 0) is 0 Å². The molecule has 0 atom stereocenters. The van der Waals surface area contributed by atoms with Crippen LogP contribution in [0.25, 0.3) is 10.9 Å². The highest BCUT2D eigenvalue weighted by Gasteiger charge is 2.10. The monoisotopic (exact) mass is 244 g/mol. The molecular formula is C8H6BrFN2O. The Morgan fingerprint density at radius 1 is 1.54 bits per heavy atom. The van der Waals surface area contributed by atoms with Crippen LogP contribution in [-0.4, -0.2) is 17.3 Å². The Labute approximate surface area is 82.0 Å². The first kappa shape index (κ1) is 8.50. The topological polar surface area (TPSA) is 37.9 Å². The van der Waals surface area contributed by atoms with Gasteiger partial charge in [0, 0.05) is 12.1 Å². The highest BCUT2D eigenvalue weighted by Crippen LogP contribution is 2.27. The lowest BCUT2D eigenvalue weighted by molar-refractivity contribution is 0.412. The smallest absolute Gasteiger partial charge is 0.139 e. The summed E-state index contributed by atoms with van der Waals surface area (Å²) >= 11 is 3.17. The second-order valence-corrected chi connectivity index (χ2v) is 3.33. The third-order valence-corrected chi connectivity index (χ3v) is 2.35. The van der Waals surface area contributed by atoms with E-state index < -0.39 is 0 Å². The second-order valence-electron chi connectivity index (χ2n) is 2.54. The second kappa shape index (κ2) is 2.99. The minimum atomic E-state index is -0.352. The van der Waals surface area contributed by atoms with Gasteiger partial charge in [-0.15, -0.1) is 0 Å². The summed E-state index contributed by atoms with van der Waals surface area (Å²) in [7, 11) is 1.49. The van der Waals surface area contributed by atoms with Gasteiger partial charge >= 0.3 is 0 Å². The maximum absolute atomic E-state index is 13.4. The zero-order chi connectivity index (χ0) is 9.42. The van der Waals surface area contributed by atoms with Gasteiger partial charge in [0.2, 0.25) is 0 Å². The van der Waals surface area contributed by atoms with Crippen LogP contribution in [0.4, 0.5) is 4.39 Å². The molecule has 0 bridgehead atoms. The summed E-state index contributed by atoms with van der Waals surface area (Å²) in [4.78, 5) is 0. The first-order valence-corrected chi connectivity index (χ1v) is 4.39. The molecule has 0 aliphatic rings. The van der Waals surface area contributed by atoms with E-state index in [0.717, 1.165) is 0 Å². The number of nitrogens with zero attached hydrogens (tertiary/aromatic N) is 1. The van der Waals surface area contributed by atoms with Gasteiger partial charge in [-0.3, -0.25) is 5.10 Å². The fourth-order valence-electron chi connectivity index (χ4n) is 1.16. The molecule has 1 heterocycles. The average molecular weight is 245 g/mol. The van der Waals surface area contributed by atoms with Gasteiger partial charge in [-0.25, -0.2) is 4.39 Å². The van der Waals surface area contributed by atoms with Crippen molar-refractivity contribution in [3.8, 4) is 5.75 Å². The molecule has 0 unspecified atom stereocenters. The molecule has 1 aromatic carbocycles. The zero-order valence-corrected chi connectivity index (χ0v) is 8.35. The van der Waals surface area contributed by atoms with E-state index in [1.54, 1.807) is 6.07 Å². The van der Waals surface area contributed by atoms with Crippen LogP contribution >= 0.6 is 15.9 Å². The van der Waals surface area contributed by atoms with E-state index in [1.807, 2.05) is 0 Å². The molecule has 0 spiro atoms. The Bertz CT molecular complexity index is 455. The lowest BCUT2D eigenvalue weighted by atomic mass is 10.2. The van der Waals surface area contributed by atoms with Crippen LogP contribution in [0.3, 0.4) is 0 Å². The van der Waals surface area contributed by atoms with Crippen LogP contribution in [0.1, 0.15) is 0 Å². The molecule has 2 rings (SSSR count). The van der Waals surface area contributed by atoms with Gasteiger partial charge in [-0.2, -0.15) is 5.10 Å². The summed E-state index contributed by atoms with van der Waals surface area (Å²) < 4.78 is 18.8. The summed E-state index contributed by atoms with van der Waals surface area (Å²) in [5.74, 6) is 0.110. The van der Waals surface area contributed by atoms with Crippen LogP contribution in [0.2, 0.25) is 0 Å². The molecule has 0 fully saturated rings. The van der Waals surface area contributed by atoms with E-state index in [1.165, 1.54) is 13.2 Å².